The fraction of sp³-hybridized carbons (Fsp3) is 0.723. The lowest BCUT2D eigenvalue weighted by Gasteiger charge is -2.14. The highest BCUT2D eigenvalue weighted by atomic mass is 19.1. The molecule has 1 aromatic heterocycles. The standard InChI is InChI=1S/C12H19BFNO2.C12H20BNO2.C9H18BN3O2.C9H22BNO3.C9H22BNO2.C8H20BNO3.C8H18BNO2.C8H20BNO2.8CO2/c14-11-5-3-4-10(8-11)9-12(15)6-1-2-7-13(16)17;14-12(8-4-5-9-13(15)16)10-11-6-2-1-3-7-11;11-8(3-1-2-4-10(14)15)5-9-6-12-7-13-9;1-14-8-4-6-9(11)5-2-3-7-10(12)13;1-8(2)7-9(11)5-3-4-6-10(12)13;10-8(5-3-7-11)4-1-2-6-9(12)13;11-9(12)6-2-1-4-8-5-3-7-10-8;1-7(2)8(10)5-3-4-6-9(11)12;8*2-1-3/h3-5,8,12,16-17H,1-2,6-7,9,15H2;1-3,6-7,12,15-16H,4-5,8-10,14H2;6-8,14-15H,1-5,11H2,(H,12,13);9,12-13H,2-8,11H2,1H3;8-9,12-13H,3-7,11H2,1-2H3;8,11-13H,1-7,10H2;8,10-12H,1-7H2;7-8,11-12H,3-6,10H2,1-2H3;;;;;;;;. The number of halogens is 1. The molecule has 776 valence electrons. The van der Waals surface area contributed by atoms with Crippen LogP contribution in [0.4, 0.5) is 4.39 Å². The van der Waals surface area contributed by atoms with E-state index in [9.17, 15) is 4.39 Å². The Morgan fingerprint density at radius 3 is 0.985 bits per heavy atom. The lowest BCUT2D eigenvalue weighted by Crippen LogP contribution is -2.26. The van der Waals surface area contributed by atoms with Crippen molar-refractivity contribution in [2.24, 2.45) is 52.0 Å². The molecule has 136 heavy (non-hydrogen) atoms. The zero-order valence-corrected chi connectivity index (χ0v) is 80.0. The number of nitrogens with two attached hydrogens (primary N) is 7. The van der Waals surface area contributed by atoms with Crippen molar-refractivity contribution in [3.63, 3.8) is 0 Å². The minimum atomic E-state index is -1.23. The van der Waals surface area contributed by atoms with Crippen LogP contribution in [0.1, 0.15) is 244 Å². The van der Waals surface area contributed by atoms with Gasteiger partial charge in [-0.2, -0.15) is 76.7 Å². The van der Waals surface area contributed by atoms with Gasteiger partial charge < -0.3 is 141 Å². The molecule has 0 saturated carbocycles. The minimum Gasteiger partial charge on any atom is -0.427 e. The molecule has 1 aliphatic rings. The number of nitrogens with one attached hydrogen (secondary N) is 2. The summed E-state index contributed by atoms with van der Waals surface area (Å²) in [5.74, 6) is 0.931. The maximum absolute atomic E-state index is 12.9. The van der Waals surface area contributed by atoms with E-state index in [1.807, 2.05) is 24.3 Å². The quantitative estimate of drug-likeness (QED) is 0.0259. The van der Waals surface area contributed by atoms with Gasteiger partial charge in [-0.3, -0.25) is 0 Å². The van der Waals surface area contributed by atoms with E-state index < -0.39 is 56.9 Å². The van der Waals surface area contributed by atoms with Crippen LogP contribution in [0, 0.1) is 17.7 Å². The summed E-state index contributed by atoms with van der Waals surface area (Å²) in [5, 5.41) is 150. The van der Waals surface area contributed by atoms with E-state index in [4.69, 9.17) is 207 Å². The van der Waals surface area contributed by atoms with Crippen LogP contribution in [0.5, 0.6) is 0 Å². The zero-order valence-electron chi connectivity index (χ0n) is 80.0. The van der Waals surface area contributed by atoms with Gasteiger partial charge in [-0.05, 0) is 201 Å². The second kappa shape index (κ2) is 127. The fourth-order valence-corrected chi connectivity index (χ4v) is 11.9. The second-order valence-electron chi connectivity index (χ2n) is 31.5. The molecule has 33 N–H and O–H groups in total. The van der Waals surface area contributed by atoms with Crippen molar-refractivity contribution in [2.75, 3.05) is 26.9 Å². The molecule has 4 rings (SSSR count). The molecular weight excluding hydrogens is 1790 g/mol. The Balaban J connectivity index is -0.000000125. The van der Waals surface area contributed by atoms with E-state index in [0.717, 1.165) is 217 Å². The maximum atomic E-state index is 12.9. The van der Waals surface area contributed by atoms with Crippen LogP contribution in [-0.4, -0.2) is 277 Å². The average Bonchev–Trinajstić information content (AvgIpc) is 1.43. The van der Waals surface area contributed by atoms with Crippen molar-refractivity contribution in [1.82, 2.24) is 15.3 Å². The number of aliphatic hydroxyl groups is 1. The van der Waals surface area contributed by atoms with E-state index in [1.165, 1.54) is 37.0 Å². The minimum absolute atomic E-state index is 0.00682. The SMILES string of the molecule is CC(C)C(N)CCCCB(O)O.CC(C)CC(N)CCCCB(O)O.COCCCC(N)CCCCB(O)O.NC(CCCCB(O)O)Cc1cccc(F)c1.NC(CCCCB(O)O)Cc1ccccc1.NC(CCCCB(O)O)Cc1cnc[nH]1.NC(CCCO)CCCCB(O)O.O=C=O.O=C=O.O=C=O.O=C=O.O=C=O.O=C=O.O=C=O.O=C=O.OB(O)CCCCC1CCCN1. The predicted octanol–water partition coefficient (Wildman–Crippen LogP) is -0.0974. The Morgan fingerprint density at radius 1 is 0.390 bits per heavy atom. The fourth-order valence-electron chi connectivity index (χ4n) is 11.9. The first kappa shape index (κ1) is 154. The predicted molar refractivity (Wildman–Crippen MR) is 502 cm³/mol. The monoisotopic (exact) mass is 1950 g/mol. The summed E-state index contributed by atoms with van der Waals surface area (Å²) in [6, 6.07) is 18.5. The molecule has 8 atom stereocenters. The molecule has 0 radical (unpaired) electrons. The molecule has 1 saturated heterocycles. The molecule has 2 aromatic carbocycles. The van der Waals surface area contributed by atoms with Crippen molar-refractivity contribution in [2.45, 2.75) is 345 Å². The number of hydrogen-bond acceptors (Lipinski definition) is 43. The van der Waals surface area contributed by atoms with Crippen molar-refractivity contribution in [3.05, 3.63) is 89.8 Å². The number of aliphatic hydroxyl groups excluding tert-OH is 1. The molecule has 3 aromatic rings. The number of ether oxygens (including phenoxy) is 1. The van der Waals surface area contributed by atoms with Crippen LogP contribution in [0.25, 0.3) is 0 Å². The number of methoxy groups -OCH3 is 1. The smallest absolute Gasteiger partial charge is 0.427 e. The van der Waals surface area contributed by atoms with Gasteiger partial charge in [0.2, 0.25) is 0 Å². The van der Waals surface area contributed by atoms with Crippen LogP contribution in [-0.2, 0) is 101 Å². The van der Waals surface area contributed by atoms with E-state index in [1.54, 1.807) is 25.7 Å². The number of nitrogens with zero attached hydrogens (tertiary/aromatic N) is 1. The van der Waals surface area contributed by atoms with Crippen LogP contribution in [0.2, 0.25) is 50.6 Å². The summed E-state index contributed by atoms with van der Waals surface area (Å²) >= 11 is 0. The highest BCUT2D eigenvalue weighted by Gasteiger charge is 2.17. The van der Waals surface area contributed by atoms with E-state index in [-0.39, 0.29) is 104 Å². The topological polar surface area (TPSA) is 849 Å². The lowest BCUT2D eigenvalue weighted by molar-refractivity contribution is -0.193. The van der Waals surface area contributed by atoms with Crippen LogP contribution >= 0.6 is 0 Å². The molecule has 0 spiro atoms. The van der Waals surface area contributed by atoms with Gasteiger partial charge in [-0.1, -0.05) is 173 Å². The molecule has 1 aliphatic heterocycles. The number of aromatic amines is 1. The Bertz CT molecular complexity index is 3030. The van der Waals surface area contributed by atoms with Gasteiger partial charge in [-0.15, -0.1) is 0 Å². The third-order valence-electron chi connectivity index (χ3n) is 18.5. The van der Waals surface area contributed by atoms with Gasteiger partial charge in [0, 0.05) is 87.0 Å². The molecule has 0 bridgehead atoms. The number of unbranched alkanes of at least 4 members (excludes halogenated alkanes) is 8. The van der Waals surface area contributed by atoms with Gasteiger partial charge in [0.05, 0.1) is 6.33 Å². The Hall–Kier alpha value is -7.90. The summed E-state index contributed by atoms with van der Waals surface area (Å²) < 4.78 is 17.8. The first-order valence-corrected chi connectivity index (χ1v) is 45.2. The van der Waals surface area contributed by atoms with Crippen molar-refractivity contribution < 1.29 is 171 Å². The second-order valence-corrected chi connectivity index (χ2v) is 31.5. The first-order valence-electron chi connectivity index (χ1n) is 45.2. The van der Waals surface area contributed by atoms with Gasteiger partial charge in [0.25, 0.3) is 0 Å². The number of aromatic nitrogens is 2. The average molecular weight is 1950 g/mol. The van der Waals surface area contributed by atoms with E-state index in [0.29, 0.717) is 74.9 Å². The molecular formula is C83H159B8FN10O34. The highest BCUT2D eigenvalue weighted by molar-refractivity contribution is 6.42. The number of rotatable bonds is 56. The number of hydrogen-bond donors (Lipinski definition) is 26. The number of imidazole rings is 1. The van der Waals surface area contributed by atoms with Gasteiger partial charge in [0.15, 0.2) is 0 Å². The molecule has 44 nitrogen and oxygen atoms in total. The van der Waals surface area contributed by atoms with Crippen molar-refractivity contribution >= 4 is 106 Å². The number of carbonyl (C=O) groups excluding carboxylic acids is 16. The third-order valence-corrected chi connectivity index (χ3v) is 18.5. The summed E-state index contributed by atoms with van der Waals surface area (Å²) in [6.07, 6.45) is 40.5. The summed E-state index contributed by atoms with van der Waals surface area (Å²) in [6.45, 7) is 10.7. The van der Waals surface area contributed by atoms with Crippen LogP contribution in [0.3, 0.4) is 0 Å². The molecule has 53 heteroatoms. The molecule has 1 fully saturated rings. The molecule has 8 unspecified atom stereocenters. The van der Waals surface area contributed by atoms with Crippen LogP contribution in [0.15, 0.2) is 67.1 Å². The highest BCUT2D eigenvalue weighted by Crippen LogP contribution is 2.17. The third kappa shape index (κ3) is 166. The van der Waals surface area contributed by atoms with Crippen molar-refractivity contribution in [3.8, 4) is 0 Å². The summed E-state index contributed by atoms with van der Waals surface area (Å²) in [5.41, 5.74) is 44.3. The summed E-state index contributed by atoms with van der Waals surface area (Å²) in [7, 11) is -7.67. The normalized spacial score (nSPS) is 12.0. The Labute approximate surface area is 802 Å². The number of H-pyrrole nitrogens is 1. The molecule has 0 aliphatic carbocycles. The summed E-state index contributed by atoms with van der Waals surface area (Å²) in [4.78, 5) is 137. The maximum Gasteiger partial charge on any atom is 0.451 e. The molecule has 0 amide bonds. The first-order chi connectivity index (χ1) is 64.4. The zero-order chi connectivity index (χ0) is 107. The Kier molecular flexibility index (Phi) is 143. The van der Waals surface area contributed by atoms with Gasteiger partial charge in [-0.25, -0.2) is 9.37 Å². The lowest BCUT2D eigenvalue weighted by atomic mass is 9.83. The van der Waals surface area contributed by atoms with E-state index in [2.05, 4.69) is 55.1 Å². The largest absolute Gasteiger partial charge is 0.451 e. The van der Waals surface area contributed by atoms with Crippen LogP contribution < -0.4 is 45.5 Å². The number of benzene rings is 2. The Morgan fingerprint density at radius 2 is 0.691 bits per heavy atom. The van der Waals surface area contributed by atoms with Gasteiger partial charge in [0.1, 0.15) is 5.82 Å². The van der Waals surface area contributed by atoms with Crippen molar-refractivity contribution in [1.29, 1.82) is 0 Å². The van der Waals surface area contributed by atoms with E-state index >= 15 is 0 Å². The molecule has 2 heterocycles. The van der Waals surface area contributed by atoms with Gasteiger partial charge >= 0.3 is 106 Å².